The first-order valence-electron chi connectivity index (χ1n) is 6.61. The van der Waals surface area contributed by atoms with E-state index in [0.717, 1.165) is 12.0 Å². The third-order valence-corrected chi connectivity index (χ3v) is 5.20. The number of halogens is 2. The van der Waals surface area contributed by atoms with Crippen LogP contribution in [0.4, 0.5) is 0 Å². The highest BCUT2D eigenvalue weighted by molar-refractivity contribution is 7.10. The van der Waals surface area contributed by atoms with Gasteiger partial charge in [-0.3, -0.25) is 0 Å². The van der Waals surface area contributed by atoms with Crippen LogP contribution in [-0.4, -0.2) is 5.11 Å². The van der Waals surface area contributed by atoms with Gasteiger partial charge in [-0.25, -0.2) is 0 Å². The van der Waals surface area contributed by atoms with Crippen molar-refractivity contribution in [3.63, 3.8) is 0 Å². The molecule has 0 spiro atoms. The van der Waals surface area contributed by atoms with E-state index in [4.69, 9.17) is 23.2 Å². The Labute approximate surface area is 132 Å². The fraction of sp³-hybridized carbons (Fsp3) is 0.333. The molecule has 0 saturated carbocycles. The van der Waals surface area contributed by atoms with Crippen LogP contribution in [0, 0.1) is 0 Å². The molecule has 2 nitrogen and oxygen atoms in total. The van der Waals surface area contributed by atoms with Gasteiger partial charge in [-0.05, 0) is 48.4 Å². The molecule has 1 aliphatic rings. The Bertz CT molecular complexity index is 626. The molecule has 1 atom stereocenters. The van der Waals surface area contributed by atoms with Crippen LogP contribution >= 0.6 is 34.5 Å². The molecule has 106 valence electrons. The van der Waals surface area contributed by atoms with Gasteiger partial charge in [-0.2, -0.15) is 0 Å². The molecule has 2 aromatic rings. The second kappa shape index (κ2) is 5.94. The number of rotatable bonds is 3. The van der Waals surface area contributed by atoms with Crippen LogP contribution in [0.3, 0.4) is 0 Å². The summed E-state index contributed by atoms with van der Waals surface area (Å²) in [4.78, 5) is 1.47. The van der Waals surface area contributed by atoms with Crippen LogP contribution in [0.1, 0.15) is 34.9 Å². The summed E-state index contributed by atoms with van der Waals surface area (Å²) in [5.74, 6) is 0.116. The van der Waals surface area contributed by atoms with Gasteiger partial charge in [0.05, 0.1) is 5.02 Å². The molecular formula is C15H15Cl2NOS. The highest BCUT2D eigenvalue weighted by Gasteiger charge is 2.21. The number of aryl methyl sites for hydroxylation is 1. The Balaban J connectivity index is 1.75. The first-order chi connectivity index (χ1) is 9.65. The van der Waals surface area contributed by atoms with E-state index in [1.165, 1.54) is 23.3 Å². The summed E-state index contributed by atoms with van der Waals surface area (Å²) in [7, 11) is 0. The molecule has 3 rings (SSSR count). The molecule has 1 aromatic carbocycles. The van der Waals surface area contributed by atoms with Gasteiger partial charge in [0.25, 0.3) is 0 Å². The maximum Gasteiger partial charge on any atom is 0.138 e. The Kier molecular flexibility index (Phi) is 4.22. The molecule has 0 radical (unpaired) electrons. The minimum absolute atomic E-state index is 0.116. The third-order valence-electron chi connectivity index (χ3n) is 3.70. The van der Waals surface area contributed by atoms with Gasteiger partial charge in [0, 0.05) is 28.0 Å². The van der Waals surface area contributed by atoms with E-state index in [1.54, 1.807) is 12.1 Å². The predicted octanol–water partition coefficient (Wildman–Crippen LogP) is 4.93. The van der Waals surface area contributed by atoms with E-state index < -0.39 is 0 Å². The first kappa shape index (κ1) is 14.2. The van der Waals surface area contributed by atoms with Gasteiger partial charge in [-0.1, -0.05) is 23.2 Å². The van der Waals surface area contributed by atoms with Crippen molar-refractivity contribution in [3.05, 3.63) is 49.6 Å². The van der Waals surface area contributed by atoms with E-state index in [2.05, 4.69) is 16.8 Å². The lowest BCUT2D eigenvalue weighted by Crippen LogP contribution is -2.23. The number of aromatic hydroxyl groups is 1. The molecule has 0 fully saturated rings. The minimum Gasteiger partial charge on any atom is -0.506 e. The zero-order chi connectivity index (χ0) is 14.1. The molecule has 5 heteroatoms. The van der Waals surface area contributed by atoms with E-state index in [-0.39, 0.29) is 5.75 Å². The maximum atomic E-state index is 9.98. The lowest BCUT2D eigenvalue weighted by Gasteiger charge is -2.24. The van der Waals surface area contributed by atoms with Crippen LogP contribution in [0.15, 0.2) is 23.6 Å². The molecule has 0 aliphatic heterocycles. The second-order valence-corrected chi connectivity index (χ2v) is 6.86. The van der Waals surface area contributed by atoms with E-state index in [9.17, 15) is 5.11 Å². The number of fused-ring (bicyclic) bond motifs is 1. The molecule has 1 aromatic heterocycles. The summed E-state index contributed by atoms with van der Waals surface area (Å²) in [5, 5.41) is 16.5. The number of thiophene rings is 1. The molecular weight excluding hydrogens is 313 g/mol. The Morgan fingerprint density at radius 1 is 1.35 bits per heavy atom. The van der Waals surface area contributed by atoms with Crippen molar-refractivity contribution >= 4 is 34.5 Å². The highest BCUT2D eigenvalue weighted by Crippen LogP contribution is 2.35. The molecule has 1 heterocycles. The number of benzene rings is 1. The van der Waals surface area contributed by atoms with Gasteiger partial charge < -0.3 is 10.4 Å². The fourth-order valence-corrected chi connectivity index (χ4v) is 4.21. The summed E-state index contributed by atoms with van der Waals surface area (Å²) in [6.45, 7) is 0.562. The summed E-state index contributed by atoms with van der Waals surface area (Å²) in [5.41, 5.74) is 2.14. The maximum absolute atomic E-state index is 9.98. The van der Waals surface area contributed by atoms with Gasteiger partial charge in [-0.15, -0.1) is 11.3 Å². The monoisotopic (exact) mass is 327 g/mol. The van der Waals surface area contributed by atoms with E-state index in [1.807, 2.05) is 11.3 Å². The van der Waals surface area contributed by atoms with Crippen LogP contribution in [0.5, 0.6) is 5.75 Å². The molecule has 0 bridgehead atoms. The number of hydrogen-bond donors (Lipinski definition) is 2. The molecule has 0 amide bonds. The molecule has 20 heavy (non-hydrogen) atoms. The van der Waals surface area contributed by atoms with Gasteiger partial charge in [0.15, 0.2) is 0 Å². The average Bonchev–Trinajstić information content (AvgIpc) is 2.90. The van der Waals surface area contributed by atoms with E-state index >= 15 is 0 Å². The van der Waals surface area contributed by atoms with Crippen LogP contribution in [0.25, 0.3) is 0 Å². The normalized spacial score (nSPS) is 18.0. The number of nitrogens with one attached hydrogen (secondary N) is 1. The first-order valence-corrected chi connectivity index (χ1v) is 8.25. The number of phenolic OH excluding ortho intramolecular Hbond substituents is 1. The number of hydrogen-bond acceptors (Lipinski definition) is 3. The largest absolute Gasteiger partial charge is 0.506 e. The second-order valence-electron chi connectivity index (χ2n) is 5.02. The van der Waals surface area contributed by atoms with Gasteiger partial charge in [0.1, 0.15) is 5.75 Å². The Morgan fingerprint density at radius 2 is 2.20 bits per heavy atom. The van der Waals surface area contributed by atoms with Crippen molar-refractivity contribution in [1.29, 1.82) is 0 Å². The summed E-state index contributed by atoms with van der Waals surface area (Å²) in [6.07, 6.45) is 3.51. The summed E-state index contributed by atoms with van der Waals surface area (Å²) < 4.78 is 0. The standard InChI is InChI=1S/C15H15Cl2NOS/c16-10-6-9(15(19)12(17)7-10)8-18-13-2-1-3-14-11(13)4-5-20-14/h4-7,13,18-19H,1-3,8H2. The molecule has 0 saturated heterocycles. The lowest BCUT2D eigenvalue weighted by atomic mass is 9.94. The quantitative estimate of drug-likeness (QED) is 0.837. The van der Waals surface area contributed by atoms with E-state index in [0.29, 0.717) is 22.6 Å². The third kappa shape index (κ3) is 2.82. The zero-order valence-electron chi connectivity index (χ0n) is 10.8. The SMILES string of the molecule is Oc1c(Cl)cc(Cl)cc1CNC1CCCc2sccc21. The van der Waals surface area contributed by atoms with Gasteiger partial charge in [0.2, 0.25) is 0 Å². The predicted molar refractivity (Wildman–Crippen MR) is 85.0 cm³/mol. The van der Waals surface area contributed by atoms with Crippen molar-refractivity contribution < 1.29 is 5.11 Å². The van der Waals surface area contributed by atoms with Crippen molar-refractivity contribution in [2.45, 2.75) is 31.8 Å². The van der Waals surface area contributed by atoms with Crippen LogP contribution in [-0.2, 0) is 13.0 Å². The lowest BCUT2D eigenvalue weighted by molar-refractivity contribution is 0.440. The average molecular weight is 328 g/mol. The smallest absolute Gasteiger partial charge is 0.138 e. The minimum atomic E-state index is 0.116. The van der Waals surface area contributed by atoms with Gasteiger partial charge >= 0.3 is 0 Å². The van der Waals surface area contributed by atoms with Crippen LogP contribution < -0.4 is 5.32 Å². The number of phenols is 1. The van der Waals surface area contributed by atoms with Crippen molar-refractivity contribution in [1.82, 2.24) is 5.32 Å². The van der Waals surface area contributed by atoms with Crippen molar-refractivity contribution in [2.24, 2.45) is 0 Å². The highest BCUT2D eigenvalue weighted by atomic mass is 35.5. The molecule has 1 aliphatic carbocycles. The topological polar surface area (TPSA) is 32.3 Å². The van der Waals surface area contributed by atoms with Crippen molar-refractivity contribution in [2.75, 3.05) is 0 Å². The Hall–Kier alpha value is -0.740. The van der Waals surface area contributed by atoms with Crippen molar-refractivity contribution in [3.8, 4) is 5.75 Å². The zero-order valence-corrected chi connectivity index (χ0v) is 13.2. The Morgan fingerprint density at radius 3 is 3.05 bits per heavy atom. The summed E-state index contributed by atoms with van der Waals surface area (Å²) >= 11 is 13.8. The summed E-state index contributed by atoms with van der Waals surface area (Å²) in [6, 6.07) is 5.86. The van der Waals surface area contributed by atoms with Crippen LogP contribution in [0.2, 0.25) is 10.0 Å². The molecule has 1 unspecified atom stereocenters. The fourth-order valence-electron chi connectivity index (χ4n) is 2.69. The molecule has 2 N–H and O–H groups in total.